The fourth-order valence-electron chi connectivity index (χ4n) is 2.31. The van der Waals surface area contributed by atoms with Crippen LogP contribution in [0, 0.1) is 6.92 Å². The van der Waals surface area contributed by atoms with Gasteiger partial charge in [0.2, 0.25) is 0 Å². The number of hydrogen-bond acceptors (Lipinski definition) is 4. The lowest BCUT2D eigenvalue weighted by Gasteiger charge is -2.22. The van der Waals surface area contributed by atoms with Crippen LogP contribution in [0.4, 0.5) is 0 Å². The van der Waals surface area contributed by atoms with Crippen molar-refractivity contribution < 1.29 is 4.74 Å². The molecule has 0 radical (unpaired) electrons. The molecule has 2 heterocycles. The molecular weight excluding hydrogens is 411 g/mol. The van der Waals surface area contributed by atoms with E-state index in [-0.39, 0.29) is 24.0 Å². The number of nitrogens with zero attached hydrogens (tertiary/aromatic N) is 3. The van der Waals surface area contributed by atoms with Crippen LogP contribution < -0.4 is 5.32 Å². The van der Waals surface area contributed by atoms with E-state index in [9.17, 15) is 0 Å². The standard InChI is InChI=1S/C15H24N4OS.HI/c1-12-18-14(11-21-12)10-19(3)15(16-2)17-7-4-13-5-8-20-9-6-13;/h5,11H,4,6-10H2,1-3H3,(H,16,17);1H. The van der Waals surface area contributed by atoms with E-state index in [1.54, 1.807) is 11.3 Å². The third kappa shape index (κ3) is 6.21. The Morgan fingerprint density at radius 2 is 2.36 bits per heavy atom. The molecule has 22 heavy (non-hydrogen) atoms. The number of rotatable bonds is 5. The molecule has 1 aliphatic heterocycles. The van der Waals surface area contributed by atoms with Crippen molar-refractivity contribution >= 4 is 41.3 Å². The van der Waals surface area contributed by atoms with Crippen LogP contribution in [0.15, 0.2) is 22.0 Å². The summed E-state index contributed by atoms with van der Waals surface area (Å²) < 4.78 is 5.32. The second-order valence-corrected chi connectivity index (χ2v) is 6.19. The van der Waals surface area contributed by atoms with Crippen molar-refractivity contribution in [1.29, 1.82) is 0 Å². The fourth-order valence-corrected chi connectivity index (χ4v) is 2.91. The second-order valence-electron chi connectivity index (χ2n) is 5.13. The van der Waals surface area contributed by atoms with E-state index >= 15 is 0 Å². The maximum absolute atomic E-state index is 5.32. The summed E-state index contributed by atoms with van der Waals surface area (Å²) in [4.78, 5) is 10.9. The van der Waals surface area contributed by atoms with Gasteiger partial charge in [-0.3, -0.25) is 4.99 Å². The number of ether oxygens (including phenoxy) is 1. The Kier molecular flexibility index (Phi) is 8.96. The van der Waals surface area contributed by atoms with Crippen LogP contribution >= 0.6 is 35.3 Å². The second kappa shape index (κ2) is 10.2. The van der Waals surface area contributed by atoms with Gasteiger partial charge < -0.3 is 15.0 Å². The molecule has 0 atom stereocenters. The van der Waals surface area contributed by atoms with Gasteiger partial charge in [-0.2, -0.15) is 0 Å². The molecule has 0 aromatic carbocycles. The van der Waals surface area contributed by atoms with Gasteiger partial charge in [0.05, 0.1) is 30.5 Å². The third-order valence-electron chi connectivity index (χ3n) is 3.43. The summed E-state index contributed by atoms with van der Waals surface area (Å²) in [5.41, 5.74) is 2.57. The highest BCUT2D eigenvalue weighted by molar-refractivity contribution is 14.0. The summed E-state index contributed by atoms with van der Waals surface area (Å²) in [5.74, 6) is 0.910. The Labute approximate surface area is 153 Å². The number of halogens is 1. The Morgan fingerprint density at radius 1 is 1.55 bits per heavy atom. The number of thiazole rings is 1. The topological polar surface area (TPSA) is 49.8 Å². The summed E-state index contributed by atoms with van der Waals surface area (Å²) in [6.45, 7) is 5.32. The molecule has 0 saturated carbocycles. The lowest BCUT2D eigenvalue weighted by Crippen LogP contribution is -2.39. The van der Waals surface area contributed by atoms with Crippen molar-refractivity contribution in [3.05, 3.63) is 27.7 Å². The van der Waals surface area contributed by atoms with Gasteiger partial charge in [-0.25, -0.2) is 4.98 Å². The quantitative estimate of drug-likeness (QED) is 0.334. The molecule has 7 heteroatoms. The molecular formula is C15H25IN4OS. The first-order valence-electron chi connectivity index (χ1n) is 7.27. The summed E-state index contributed by atoms with van der Waals surface area (Å²) in [7, 11) is 3.86. The highest BCUT2D eigenvalue weighted by atomic mass is 127. The van der Waals surface area contributed by atoms with Crippen LogP contribution in [0.2, 0.25) is 0 Å². The lowest BCUT2D eigenvalue weighted by atomic mass is 10.1. The molecule has 0 unspecified atom stereocenters. The van der Waals surface area contributed by atoms with Crippen molar-refractivity contribution in [2.24, 2.45) is 4.99 Å². The van der Waals surface area contributed by atoms with Crippen molar-refractivity contribution in [3.8, 4) is 0 Å². The van der Waals surface area contributed by atoms with Gasteiger partial charge in [-0.1, -0.05) is 11.6 Å². The van der Waals surface area contributed by atoms with Gasteiger partial charge in [0.15, 0.2) is 5.96 Å². The number of aliphatic imine (C=N–C) groups is 1. The molecule has 0 bridgehead atoms. The minimum Gasteiger partial charge on any atom is -0.377 e. The summed E-state index contributed by atoms with van der Waals surface area (Å²) in [6.07, 6.45) is 4.29. The van der Waals surface area contributed by atoms with Gasteiger partial charge in [0.25, 0.3) is 0 Å². The minimum atomic E-state index is 0. The first kappa shape index (κ1) is 19.4. The zero-order chi connectivity index (χ0) is 15.1. The predicted octanol–water partition coefficient (Wildman–Crippen LogP) is 2.81. The van der Waals surface area contributed by atoms with Gasteiger partial charge in [-0.15, -0.1) is 35.3 Å². The van der Waals surface area contributed by atoms with Gasteiger partial charge >= 0.3 is 0 Å². The van der Waals surface area contributed by atoms with Crippen LogP contribution in [0.5, 0.6) is 0 Å². The molecule has 124 valence electrons. The molecule has 0 fully saturated rings. The van der Waals surface area contributed by atoms with Crippen LogP contribution in [-0.4, -0.2) is 49.7 Å². The molecule has 0 spiro atoms. The molecule has 1 aliphatic rings. The van der Waals surface area contributed by atoms with E-state index < -0.39 is 0 Å². The SMILES string of the molecule is CN=C(NCCC1=CCOCC1)N(C)Cc1csc(C)n1.I. The van der Waals surface area contributed by atoms with Crippen molar-refractivity contribution in [2.75, 3.05) is 33.9 Å². The molecule has 2 rings (SSSR count). The van der Waals surface area contributed by atoms with Crippen molar-refractivity contribution in [3.63, 3.8) is 0 Å². The van der Waals surface area contributed by atoms with E-state index in [4.69, 9.17) is 4.74 Å². The molecule has 1 N–H and O–H groups in total. The van der Waals surface area contributed by atoms with Crippen LogP contribution in [0.3, 0.4) is 0 Å². The number of hydrogen-bond donors (Lipinski definition) is 1. The number of nitrogens with one attached hydrogen (secondary N) is 1. The van der Waals surface area contributed by atoms with Gasteiger partial charge in [0, 0.05) is 26.0 Å². The first-order chi connectivity index (χ1) is 10.2. The van der Waals surface area contributed by atoms with Crippen LogP contribution in [-0.2, 0) is 11.3 Å². The zero-order valence-corrected chi connectivity index (χ0v) is 16.6. The maximum atomic E-state index is 5.32. The maximum Gasteiger partial charge on any atom is 0.193 e. The Balaban J connectivity index is 0.00000242. The monoisotopic (exact) mass is 436 g/mol. The highest BCUT2D eigenvalue weighted by Gasteiger charge is 2.09. The minimum absolute atomic E-state index is 0. The average molecular weight is 436 g/mol. The van der Waals surface area contributed by atoms with Crippen LogP contribution in [0.1, 0.15) is 23.5 Å². The van der Waals surface area contributed by atoms with E-state index in [1.165, 1.54) is 5.57 Å². The molecule has 5 nitrogen and oxygen atoms in total. The van der Waals surface area contributed by atoms with E-state index in [2.05, 4.69) is 31.6 Å². The molecule has 0 saturated heterocycles. The average Bonchev–Trinajstić information content (AvgIpc) is 2.89. The van der Waals surface area contributed by atoms with Gasteiger partial charge in [-0.05, 0) is 19.8 Å². The molecule has 1 aromatic rings. The normalized spacial score (nSPS) is 15.0. The Morgan fingerprint density at radius 3 is 2.95 bits per heavy atom. The fraction of sp³-hybridized carbons (Fsp3) is 0.600. The van der Waals surface area contributed by atoms with E-state index in [0.29, 0.717) is 0 Å². The first-order valence-corrected chi connectivity index (χ1v) is 8.15. The summed E-state index contributed by atoms with van der Waals surface area (Å²) in [6, 6.07) is 0. The summed E-state index contributed by atoms with van der Waals surface area (Å²) >= 11 is 1.68. The zero-order valence-electron chi connectivity index (χ0n) is 13.5. The van der Waals surface area contributed by atoms with Gasteiger partial charge in [0.1, 0.15) is 0 Å². The number of aryl methyl sites for hydroxylation is 1. The molecule has 0 amide bonds. The summed E-state index contributed by atoms with van der Waals surface area (Å²) in [5, 5.41) is 6.62. The van der Waals surface area contributed by atoms with Crippen molar-refractivity contribution in [2.45, 2.75) is 26.3 Å². The van der Waals surface area contributed by atoms with E-state index in [0.717, 1.165) is 55.8 Å². The third-order valence-corrected chi connectivity index (χ3v) is 4.25. The number of aromatic nitrogens is 1. The lowest BCUT2D eigenvalue weighted by molar-refractivity contribution is 0.153. The molecule has 0 aliphatic carbocycles. The van der Waals surface area contributed by atoms with E-state index in [1.807, 2.05) is 21.0 Å². The largest absolute Gasteiger partial charge is 0.377 e. The Hall–Kier alpha value is -0.670. The molecule has 1 aromatic heterocycles. The Bertz CT molecular complexity index is 515. The number of guanidine groups is 1. The smallest absolute Gasteiger partial charge is 0.193 e. The van der Waals surface area contributed by atoms with Crippen molar-refractivity contribution in [1.82, 2.24) is 15.2 Å². The van der Waals surface area contributed by atoms with Crippen LogP contribution in [0.25, 0.3) is 0 Å². The predicted molar refractivity (Wildman–Crippen MR) is 103 cm³/mol. The highest BCUT2D eigenvalue weighted by Crippen LogP contribution is 2.11.